The molecule has 0 bridgehead atoms. The average Bonchev–Trinajstić information content (AvgIpc) is 2.43. The van der Waals surface area contributed by atoms with Crippen LogP contribution in [-0.2, 0) is 6.42 Å². The molecule has 0 heterocycles. The van der Waals surface area contributed by atoms with Crippen LogP contribution in [0.1, 0.15) is 15.9 Å². The third-order valence-corrected chi connectivity index (χ3v) is 3.32. The standard InChI is InChI=1S/C15H12ClNO3S/c16-10-6-4-9(5-7-10)8-13(21)17-12-3-1-2-11(14(12)18)15(19)20/h1-7,18H,8H2,(H,17,21)(H,19,20). The Morgan fingerprint density at radius 1 is 1.19 bits per heavy atom. The fraction of sp³-hybridized carbons (Fsp3) is 0.0667. The molecule has 0 radical (unpaired) electrons. The molecule has 0 aliphatic carbocycles. The van der Waals surface area contributed by atoms with Crippen LogP contribution in [0, 0.1) is 0 Å². The summed E-state index contributed by atoms with van der Waals surface area (Å²) >= 11 is 11.0. The van der Waals surface area contributed by atoms with E-state index in [2.05, 4.69) is 5.32 Å². The second-order valence-corrected chi connectivity index (χ2v) is 5.29. The van der Waals surface area contributed by atoms with Crippen molar-refractivity contribution in [1.82, 2.24) is 0 Å². The Hall–Kier alpha value is -2.11. The second kappa shape index (κ2) is 6.56. The fourth-order valence-electron chi connectivity index (χ4n) is 1.80. The third kappa shape index (κ3) is 3.93. The molecule has 4 nitrogen and oxygen atoms in total. The van der Waals surface area contributed by atoms with E-state index in [1.807, 2.05) is 12.1 Å². The molecule has 0 saturated heterocycles. The molecule has 108 valence electrons. The minimum atomic E-state index is -1.19. The summed E-state index contributed by atoms with van der Waals surface area (Å²) in [5.41, 5.74) is 1.06. The molecule has 0 saturated carbocycles. The van der Waals surface area contributed by atoms with Gasteiger partial charge >= 0.3 is 5.97 Å². The van der Waals surface area contributed by atoms with E-state index in [-0.39, 0.29) is 17.0 Å². The van der Waals surface area contributed by atoms with Crippen molar-refractivity contribution in [2.24, 2.45) is 0 Å². The number of benzene rings is 2. The molecule has 0 aromatic heterocycles. The van der Waals surface area contributed by atoms with Crippen LogP contribution in [0.3, 0.4) is 0 Å². The predicted octanol–water partition coefficient (Wildman–Crippen LogP) is 3.73. The minimum absolute atomic E-state index is 0.172. The van der Waals surface area contributed by atoms with Gasteiger partial charge in [-0.3, -0.25) is 0 Å². The third-order valence-electron chi connectivity index (χ3n) is 2.82. The maximum absolute atomic E-state index is 10.9. The normalized spacial score (nSPS) is 10.1. The van der Waals surface area contributed by atoms with E-state index in [1.165, 1.54) is 12.1 Å². The summed E-state index contributed by atoms with van der Waals surface area (Å²) < 4.78 is 0. The number of carboxylic acid groups (broad SMARTS) is 1. The van der Waals surface area contributed by atoms with E-state index >= 15 is 0 Å². The number of hydrogen-bond donors (Lipinski definition) is 3. The summed E-state index contributed by atoms with van der Waals surface area (Å²) in [6.07, 6.45) is 0.462. The monoisotopic (exact) mass is 321 g/mol. The summed E-state index contributed by atoms with van der Waals surface area (Å²) in [7, 11) is 0. The van der Waals surface area contributed by atoms with Gasteiger partial charge in [0, 0.05) is 11.4 Å². The summed E-state index contributed by atoms with van der Waals surface area (Å²) in [5.74, 6) is -1.52. The van der Waals surface area contributed by atoms with Crippen molar-refractivity contribution < 1.29 is 15.0 Å². The van der Waals surface area contributed by atoms with Gasteiger partial charge < -0.3 is 15.5 Å². The van der Waals surface area contributed by atoms with Crippen LogP contribution in [0.25, 0.3) is 0 Å². The number of halogens is 1. The number of nitrogens with one attached hydrogen (secondary N) is 1. The van der Waals surface area contributed by atoms with Crippen molar-refractivity contribution in [3.63, 3.8) is 0 Å². The summed E-state index contributed by atoms with van der Waals surface area (Å²) in [5, 5.41) is 22.3. The van der Waals surface area contributed by atoms with Crippen LogP contribution in [0.15, 0.2) is 42.5 Å². The number of thiocarbonyl (C=S) groups is 1. The Bertz CT molecular complexity index is 686. The summed E-state index contributed by atoms with van der Waals surface area (Å²) in [4.78, 5) is 11.4. The minimum Gasteiger partial charge on any atom is -0.505 e. The number of rotatable bonds is 4. The van der Waals surface area contributed by atoms with Gasteiger partial charge in [0.05, 0.1) is 10.7 Å². The highest BCUT2D eigenvalue weighted by atomic mass is 35.5. The van der Waals surface area contributed by atoms with Gasteiger partial charge in [0.25, 0.3) is 0 Å². The van der Waals surface area contributed by atoms with Crippen LogP contribution in [-0.4, -0.2) is 21.2 Å². The highest BCUT2D eigenvalue weighted by molar-refractivity contribution is 7.80. The maximum atomic E-state index is 10.9. The van der Waals surface area contributed by atoms with Crippen LogP contribution >= 0.6 is 23.8 Å². The maximum Gasteiger partial charge on any atom is 0.339 e. The lowest BCUT2D eigenvalue weighted by Gasteiger charge is -2.11. The molecular formula is C15H12ClNO3S. The molecule has 21 heavy (non-hydrogen) atoms. The smallest absolute Gasteiger partial charge is 0.339 e. The van der Waals surface area contributed by atoms with Crippen molar-refractivity contribution >= 4 is 40.5 Å². The SMILES string of the molecule is O=C(O)c1cccc(NC(=S)Cc2ccc(Cl)cc2)c1O. The first-order valence-corrected chi connectivity index (χ1v) is 6.85. The van der Waals surface area contributed by atoms with E-state index < -0.39 is 5.97 Å². The number of anilines is 1. The molecule has 6 heteroatoms. The van der Waals surface area contributed by atoms with Crippen LogP contribution in [0.4, 0.5) is 5.69 Å². The van der Waals surface area contributed by atoms with Gasteiger partial charge in [-0.2, -0.15) is 0 Å². The topological polar surface area (TPSA) is 69.6 Å². The first-order chi connectivity index (χ1) is 9.97. The molecule has 0 fully saturated rings. The van der Waals surface area contributed by atoms with Gasteiger partial charge in [0.2, 0.25) is 0 Å². The summed E-state index contributed by atoms with van der Waals surface area (Å²) in [6.45, 7) is 0. The van der Waals surface area contributed by atoms with E-state index in [4.69, 9.17) is 28.9 Å². The molecule has 2 rings (SSSR count). The lowest BCUT2D eigenvalue weighted by molar-refractivity contribution is 0.0694. The van der Waals surface area contributed by atoms with Crippen molar-refractivity contribution in [2.75, 3.05) is 5.32 Å². The Balaban J connectivity index is 2.11. The Labute approximate surface area is 132 Å². The number of hydrogen-bond acceptors (Lipinski definition) is 3. The molecule has 0 atom stereocenters. The Morgan fingerprint density at radius 2 is 1.86 bits per heavy atom. The quantitative estimate of drug-likeness (QED) is 0.591. The number of aromatic carboxylic acids is 1. The highest BCUT2D eigenvalue weighted by Crippen LogP contribution is 2.27. The molecule has 0 spiro atoms. The van der Waals surface area contributed by atoms with Crippen molar-refractivity contribution in [3.8, 4) is 5.75 Å². The Kier molecular flexibility index (Phi) is 4.77. The van der Waals surface area contributed by atoms with Gasteiger partial charge in [-0.1, -0.05) is 42.0 Å². The zero-order valence-electron chi connectivity index (χ0n) is 10.8. The zero-order valence-corrected chi connectivity index (χ0v) is 12.4. The average molecular weight is 322 g/mol. The fourth-order valence-corrected chi connectivity index (χ4v) is 2.20. The first kappa shape index (κ1) is 15.3. The molecule has 2 aromatic carbocycles. The van der Waals surface area contributed by atoms with Crippen molar-refractivity contribution in [1.29, 1.82) is 0 Å². The van der Waals surface area contributed by atoms with Crippen LogP contribution < -0.4 is 5.32 Å². The number of carbonyl (C=O) groups is 1. The first-order valence-electron chi connectivity index (χ1n) is 6.07. The van der Waals surface area contributed by atoms with Gasteiger partial charge in [-0.05, 0) is 29.8 Å². The molecule has 0 unspecified atom stereocenters. The van der Waals surface area contributed by atoms with Gasteiger partial charge in [0.15, 0.2) is 5.75 Å². The lowest BCUT2D eigenvalue weighted by atomic mass is 10.1. The molecule has 2 aromatic rings. The summed E-state index contributed by atoms with van der Waals surface area (Å²) in [6, 6.07) is 11.7. The Morgan fingerprint density at radius 3 is 2.48 bits per heavy atom. The van der Waals surface area contributed by atoms with Crippen LogP contribution in [0.2, 0.25) is 5.02 Å². The zero-order chi connectivity index (χ0) is 15.4. The van der Waals surface area contributed by atoms with Gasteiger partial charge in [-0.25, -0.2) is 4.79 Å². The van der Waals surface area contributed by atoms with E-state index in [1.54, 1.807) is 18.2 Å². The largest absolute Gasteiger partial charge is 0.505 e. The van der Waals surface area contributed by atoms with E-state index in [0.717, 1.165) is 5.56 Å². The molecule has 0 aliphatic rings. The number of para-hydroxylation sites is 1. The number of aromatic hydroxyl groups is 1. The van der Waals surface area contributed by atoms with Crippen molar-refractivity contribution in [3.05, 3.63) is 58.6 Å². The van der Waals surface area contributed by atoms with Crippen LogP contribution in [0.5, 0.6) is 5.75 Å². The molecule has 0 aliphatic heterocycles. The highest BCUT2D eigenvalue weighted by Gasteiger charge is 2.13. The van der Waals surface area contributed by atoms with Gasteiger partial charge in [0.1, 0.15) is 5.56 Å². The second-order valence-electron chi connectivity index (χ2n) is 4.36. The van der Waals surface area contributed by atoms with Crippen molar-refractivity contribution in [2.45, 2.75) is 6.42 Å². The molecule has 3 N–H and O–H groups in total. The number of carboxylic acids is 1. The number of phenols is 1. The molecule has 0 amide bonds. The van der Waals surface area contributed by atoms with E-state index in [0.29, 0.717) is 16.4 Å². The molecular weight excluding hydrogens is 310 g/mol. The lowest BCUT2D eigenvalue weighted by Crippen LogP contribution is -2.13. The predicted molar refractivity (Wildman–Crippen MR) is 86.4 cm³/mol. The van der Waals surface area contributed by atoms with E-state index in [9.17, 15) is 9.90 Å². The van der Waals surface area contributed by atoms with Gasteiger partial charge in [-0.15, -0.1) is 0 Å².